The van der Waals surface area contributed by atoms with Gasteiger partial charge in [-0.15, -0.1) is 0 Å². The summed E-state index contributed by atoms with van der Waals surface area (Å²) in [6.07, 6.45) is 6.54. The second-order valence-corrected chi connectivity index (χ2v) is 13.7. The predicted octanol–water partition coefficient (Wildman–Crippen LogP) is 6.08. The van der Waals surface area contributed by atoms with Crippen LogP contribution in [0.5, 0.6) is 11.5 Å². The Bertz CT molecular complexity index is 1970. The first kappa shape index (κ1) is 35.9. The lowest BCUT2D eigenvalue weighted by molar-refractivity contribution is -0.116. The molecule has 3 amide bonds. The van der Waals surface area contributed by atoms with E-state index in [9.17, 15) is 14.4 Å². The van der Waals surface area contributed by atoms with E-state index in [2.05, 4.69) is 20.5 Å². The number of aromatic nitrogens is 1. The van der Waals surface area contributed by atoms with Gasteiger partial charge < -0.3 is 34.3 Å². The molecule has 4 heterocycles. The average molecular weight is 719 g/mol. The highest BCUT2D eigenvalue weighted by Gasteiger charge is 2.32. The Kier molecular flexibility index (Phi) is 11.2. The van der Waals surface area contributed by atoms with Crippen molar-refractivity contribution in [1.82, 2.24) is 14.4 Å². The van der Waals surface area contributed by atoms with Crippen LogP contribution in [0, 0.1) is 6.92 Å². The van der Waals surface area contributed by atoms with Gasteiger partial charge in [-0.2, -0.15) is 0 Å². The summed E-state index contributed by atoms with van der Waals surface area (Å²) in [5.74, 6) is 1.13. The third kappa shape index (κ3) is 8.78. The molecule has 7 rings (SSSR count). The maximum atomic E-state index is 13.2. The highest BCUT2D eigenvalue weighted by atomic mass is 16.5. The number of carbonyl (C=O) groups is 3. The van der Waals surface area contributed by atoms with Crippen LogP contribution in [-0.4, -0.2) is 97.0 Å². The lowest BCUT2D eigenvalue weighted by atomic mass is 10.1. The minimum atomic E-state index is -0.214. The fraction of sp³-hybridized carbons (Fsp3) is 0.366. The number of aryl methyl sites for hydroxylation is 2. The molecule has 53 heavy (non-hydrogen) atoms. The zero-order chi connectivity index (χ0) is 36.7. The van der Waals surface area contributed by atoms with Crippen LogP contribution < -0.4 is 20.1 Å². The van der Waals surface area contributed by atoms with Crippen LogP contribution >= 0.6 is 0 Å². The number of aliphatic imine (C=N–C) groups is 1. The van der Waals surface area contributed by atoms with E-state index in [1.165, 1.54) is 0 Å². The van der Waals surface area contributed by atoms with Gasteiger partial charge in [-0.25, -0.2) is 0 Å². The number of carbonyl (C=O) groups excluding carboxylic acids is 3. The fourth-order valence-corrected chi connectivity index (χ4v) is 6.91. The summed E-state index contributed by atoms with van der Waals surface area (Å²) in [5, 5.41) is 5.93. The van der Waals surface area contributed by atoms with Crippen LogP contribution in [0.25, 0.3) is 11.1 Å². The topological polar surface area (TPSA) is 127 Å². The standard InChI is InChI=1S/C41H46N6O6/c1-28-23-35-36(42-26-33-5-3-15-47(33)41(35)50)25-38(28)53-19-4-6-39(48)43-31-9-7-29(8-10-31)30-24-37(45(2)27-30)40(49)44-32-11-13-34(14-12-32)52-22-18-46-16-20-51-21-17-46/h7-14,23-27,33H,3-6,15-22H2,1-2H3,(H,43,48)(H,44,49)/t33-/m0/s1. The molecule has 0 spiro atoms. The number of morpholine rings is 1. The van der Waals surface area contributed by atoms with Crippen molar-refractivity contribution < 1.29 is 28.6 Å². The van der Waals surface area contributed by atoms with E-state index in [4.69, 9.17) is 14.2 Å². The molecule has 0 saturated carbocycles. The van der Waals surface area contributed by atoms with Gasteiger partial charge in [-0.3, -0.25) is 24.3 Å². The first-order valence-corrected chi connectivity index (χ1v) is 18.3. The zero-order valence-corrected chi connectivity index (χ0v) is 30.3. The first-order valence-electron chi connectivity index (χ1n) is 18.3. The summed E-state index contributed by atoms with van der Waals surface area (Å²) in [6.45, 7) is 7.88. The molecule has 2 fully saturated rings. The summed E-state index contributed by atoms with van der Waals surface area (Å²) in [5.41, 5.74) is 5.81. The van der Waals surface area contributed by atoms with Crippen molar-refractivity contribution in [1.29, 1.82) is 0 Å². The van der Waals surface area contributed by atoms with Gasteiger partial charge in [0, 0.05) is 75.1 Å². The Labute approximate surface area is 309 Å². The minimum Gasteiger partial charge on any atom is -0.493 e. The number of hydrogen-bond acceptors (Lipinski definition) is 8. The number of fused-ring (bicyclic) bond motifs is 2. The minimum absolute atomic E-state index is 0.0235. The van der Waals surface area contributed by atoms with Crippen LogP contribution in [0.4, 0.5) is 17.1 Å². The number of nitrogens with zero attached hydrogens (tertiary/aromatic N) is 4. The molecule has 3 aliphatic rings. The maximum Gasteiger partial charge on any atom is 0.272 e. The lowest BCUT2D eigenvalue weighted by Crippen LogP contribution is -2.38. The quantitative estimate of drug-likeness (QED) is 0.161. The van der Waals surface area contributed by atoms with Gasteiger partial charge >= 0.3 is 0 Å². The molecule has 12 nitrogen and oxygen atoms in total. The van der Waals surface area contributed by atoms with Gasteiger partial charge in [0.25, 0.3) is 11.8 Å². The normalized spacial score (nSPS) is 16.8. The number of rotatable bonds is 13. The van der Waals surface area contributed by atoms with E-state index in [-0.39, 0.29) is 23.8 Å². The molecule has 1 atom stereocenters. The highest BCUT2D eigenvalue weighted by molar-refractivity contribution is 6.04. The molecule has 0 bridgehead atoms. The Balaban J connectivity index is 0.857. The largest absolute Gasteiger partial charge is 0.493 e. The van der Waals surface area contributed by atoms with E-state index in [0.717, 1.165) is 74.7 Å². The SMILES string of the molecule is Cc1cc2c(cc1OCCCC(=O)Nc1ccc(-c3cc(C(=O)Nc4ccc(OCCN5CCOCC5)cc4)n(C)c3)cc1)N=C[C@@H]1CCCN1C2=O. The molecule has 12 heteroatoms. The lowest BCUT2D eigenvalue weighted by Gasteiger charge is -2.26. The predicted molar refractivity (Wildman–Crippen MR) is 205 cm³/mol. The monoisotopic (exact) mass is 718 g/mol. The third-order valence-electron chi connectivity index (χ3n) is 9.91. The van der Waals surface area contributed by atoms with Crippen molar-refractivity contribution in [2.45, 2.75) is 38.6 Å². The van der Waals surface area contributed by atoms with Crippen molar-refractivity contribution in [2.75, 3.05) is 63.2 Å². The van der Waals surface area contributed by atoms with Gasteiger partial charge in [0.2, 0.25) is 5.91 Å². The van der Waals surface area contributed by atoms with Crippen LogP contribution in [0.3, 0.4) is 0 Å². The highest BCUT2D eigenvalue weighted by Crippen LogP contribution is 2.34. The summed E-state index contributed by atoms with van der Waals surface area (Å²) >= 11 is 0. The molecular formula is C41H46N6O6. The van der Waals surface area contributed by atoms with E-state index >= 15 is 0 Å². The molecular weight excluding hydrogens is 672 g/mol. The maximum absolute atomic E-state index is 13.2. The molecule has 0 aliphatic carbocycles. The summed E-state index contributed by atoms with van der Waals surface area (Å²) in [7, 11) is 1.84. The van der Waals surface area contributed by atoms with Gasteiger partial charge in [0.15, 0.2) is 0 Å². The second-order valence-electron chi connectivity index (χ2n) is 13.7. The second kappa shape index (κ2) is 16.5. The van der Waals surface area contributed by atoms with E-state index in [1.807, 2.05) is 98.0 Å². The smallest absolute Gasteiger partial charge is 0.272 e. The molecule has 0 radical (unpaired) electrons. The molecule has 2 N–H and O–H groups in total. The zero-order valence-electron chi connectivity index (χ0n) is 30.3. The van der Waals surface area contributed by atoms with E-state index in [1.54, 1.807) is 4.57 Å². The van der Waals surface area contributed by atoms with Crippen LogP contribution in [-0.2, 0) is 16.6 Å². The Hall–Kier alpha value is -5.46. The van der Waals surface area contributed by atoms with Gasteiger partial charge in [-0.05, 0) is 85.8 Å². The summed E-state index contributed by atoms with van der Waals surface area (Å²) in [6, 6.07) is 20.6. The molecule has 3 aromatic carbocycles. The number of amides is 3. The molecule has 0 unspecified atom stereocenters. The van der Waals surface area contributed by atoms with E-state index < -0.39 is 0 Å². The molecule has 4 aromatic rings. The van der Waals surface area contributed by atoms with Gasteiger partial charge in [-0.1, -0.05) is 12.1 Å². The Morgan fingerprint density at radius 3 is 2.45 bits per heavy atom. The van der Waals surface area contributed by atoms with E-state index in [0.29, 0.717) is 60.1 Å². The number of hydrogen-bond donors (Lipinski definition) is 2. The average Bonchev–Trinajstić information content (AvgIpc) is 3.78. The van der Waals surface area contributed by atoms with Gasteiger partial charge in [0.1, 0.15) is 23.8 Å². The molecule has 3 aliphatic heterocycles. The van der Waals surface area contributed by atoms with Crippen molar-refractivity contribution in [2.24, 2.45) is 12.0 Å². The van der Waals surface area contributed by atoms with Crippen molar-refractivity contribution in [3.8, 4) is 22.6 Å². The number of nitrogens with one attached hydrogen (secondary N) is 2. The fourth-order valence-electron chi connectivity index (χ4n) is 6.91. The molecule has 2 saturated heterocycles. The number of anilines is 2. The molecule has 276 valence electrons. The van der Waals surface area contributed by atoms with Crippen molar-refractivity contribution in [3.05, 3.63) is 89.7 Å². The number of ether oxygens (including phenoxy) is 3. The third-order valence-corrected chi connectivity index (χ3v) is 9.91. The Morgan fingerprint density at radius 2 is 1.66 bits per heavy atom. The summed E-state index contributed by atoms with van der Waals surface area (Å²) in [4.78, 5) is 47.7. The van der Waals surface area contributed by atoms with Crippen LogP contribution in [0.1, 0.15) is 52.1 Å². The van der Waals surface area contributed by atoms with Crippen LogP contribution in [0.15, 0.2) is 77.9 Å². The van der Waals surface area contributed by atoms with Gasteiger partial charge in [0.05, 0.1) is 37.1 Å². The first-order chi connectivity index (χ1) is 25.8. The van der Waals surface area contributed by atoms with Crippen molar-refractivity contribution in [3.63, 3.8) is 0 Å². The van der Waals surface area contributed by atoms with Crippen molar-refractivity contribution >= 4 is 41.0 Å². The van der Waals surface area contributed by atoms with Crippen LogP contribution in [0.2, 0.25) is 0 Å². The molecule has 1 aromatic heterocycles. The summed E-state index contributed by atoms with van der Waals surface area (Å²) < 4.78 is 19.1. The number of benzene rings is 3. The Morgan fingerprint density at radius 1 is 0.906 bits per heavy atom.